The number of nitrogens with zero attached hydrogens (tertiary/aromatic N) is 1. The predicted molar refractivity (Wildman–Crippen MR) is 159 cm³/mol. The van der Waals surface area contributed by atoms with Gasteiger partial charge in [0.15, 0.2) is 0 Å². The Labute approximate surface area is 241 Å². The maximum Gasteiger partial charge on any atom is 0.251 e. The van der Waals surface area contributed by atoms with Gasteiger partial charge >= 0.3 is 0 Å². The van der Waals surface area contributed by atoms with Crippen molar-refractivity contribution in [1.82, 2.24) is 15.3 Å². The fourth-order valence-corrected chi connectivity index (χ4v) is 11.2. The summed E-state index contributed by atoms with van der Waals surface area (Å²) in [5.41, 5.74) is 4.09. The molecule has 212 valence electrons. The van der Waals surface area contributed by atoms with Crippen LogP contribution < -0.4 is 10.6 Å². The van der Waals surface area contributed by atoms with Crippen LogP contribution in [0.3, 0.4) is 0 Å². The third kappa shape index (κ3) is 4.07. The molecule has 2 aromatic carbocycles. The van der Waals surface area contributed by atoms with Gasteiger partial charge in [0.1, 0.15) is 5.82 Å². The van der Waals surface area contributed by atoms with Crippen LogP contribution in [-0.4, -0.2) is 27.3 Å². The molecule has 0 radical (unpaired) electrons. The number of carbonyl (C=O) groups is 2. The van der Waals surface area contributed by atoms with E-state index in [4.69, 9.17) is 4.98 Å². The van der Waals surface area contributed by atoms with E-state index in [2.05, 4.69) is 15.6 Å². The van der Waals surface area contributed by atoms with Crippen LogP contribution >= 0.6 is 0 Å². The zero-order chi connectivity index (χ0) is 27.3. The fourth-order valence-electron chi connectivity index (χ4n) is 11.2. The van der Waals surface area contributed by atoms with E-state index in [0.717, 1.165) is 102 Å². The first-order valence-corrected chi connectivity index (χ1v) is 16.1. The van der Waals surface area contributed by atoms with Crippen molar-refractivity contribution in [3.8, 4) is 11.4 Å². The van der Waals surface area contributed by atoms with Crippen molar-refractivity contribution < 1.29 is 9.59 Å². The standard InChI is InChI=1S/C35H40N4O2/c40-32(39-35-17-23-10-24(18-35)12-25(11-23)19-35)27-3-6-29-30(13-27)38-31(37-29)26-1-4-28(5-2-26)36-33(41)34-14-20-7-21(15-34)9-22(8-20)16-34/h1-6,13,20-25H,7-12,14-19H2,(H,36,41)(H,37,38)(H,39,40). The van der Waals surface area contributed by atoms with Gasteiger partial charge in [-0.2, -0.15) is 0 Å². The average Bonchev–Trinajstić information content (AvgIpc) is 3.35. The van der Waals surface area contributed by atoms with Crippen LogP contribution in [0, 0.1) is 40.9 Å². The van der Waals surface area contributed by atoms with Crippen molar-refractivity contribution in [2.24, 2.45) is 40.9 Å². The summed E-state index contributed by atoms with van der Waals surface area (Å²) in [6, 6.07) is 13.8. The molecule has 6 nitrogen and oxygen atoms in total. The Morgan fingerprint density at radius 2 is 1.29 bits per heavy atom. The molecule has 0 aliphatic heterocycles. The van der Waals surface area contributed by atoms with Crippen molar-refractivity contribution in [3.63, 3.8) is 0 Å². The lowest BCUT2D eigenvalue weighted by Crippen LogP contribution is -2.59. The zero-order valence-electron chi connectivity index (χ0n) is 23.8. The number of amides is 2. The number of rotatable bonds is 5. The van der Waals surface area contributed by atoms with Gasteiger partial charge in [-0.1, -0.05) is 0 Å². The Bertz CT molecular complexity index is 1480. The number of aromatic nitrogens is 2. The smallest absolute Gasteiger partial charge is 0.251 e. The van der Waals surface area contributed by atoms with Crippen molar-refractivity contribution in [2.75, 3.05) is 5.32 Å². The lowest BCUT2D eigenvalue weighted by Gasteiger charge is -2.56. The number of fused-ring (bicyclic) bond motifs is 1. The van der Waals surface area contributed by atoms with Crippen LogP contribution in [0.4, 0.5) is 5.69 Å². The molecule has 1 aromatic heterocycles. The summed E-state index contributed by atoms with van der Waals surface area (Å²) in [5.74, 6) is 5.71. The molecule has 6 heteroatoms. The molecule has 11 rings (SSSR count). The average molecular weight is 549 g/mol. The number of hydrogen-bond donors (Lipinski definition) is 3. The van der Waals surface area contributed by atoms with E-state index in [0.29, 0.717) is 5.56 Å². The number of imidazole rings is 1. The highest BCUT2D eigenvalue weighted by atomic mass is 16.2. The first kappa shape index (κ1) is 24.4. The number of benzene rings is 2. The minimum atomic E-state index is -0.147. The second-order valence-electron chi connectivity index (χ2n) is 15.2. The largest absolute Gasteiger partial charge is 0.347 e. The van der Waals surface area contributed by atoms with E-state index >= 15 is 0 Å². The highest BCUT2D eigenvalue weighted by Gasteiger charge is 2.55. The lowest BCUT2D eigenvalue weighted by atomic mass is 9.49. The molecule has 3 aromatic rings. The molecule has 8 aliphatic carbocycles. The molecule has 8 fully saturated rings. The van der Waals surface area contributed by atoms with Crippen LogP contribution in [0.25, 0.3) is 22.4 Å². The second-order valence-corrected chi connectivity index (χ2v) is 15.2. The molecule has 0 unspecified atom stereocenters. The van der Waals surface area contributed by atoms with E-state index in [1.807, 2.05) is 42.5 Å². The van der Waals surface area contributed by atoms with Crippen LogP contribution in [0.1, 0.15) is 87.4 Å². The molecule has 3 N–H and O–H groups in total. The SMILES string of the molecule is O=C(NC12CC3CC(CC(C3)C1)C2)c1ccc2[nH]c(-c3ccc(NC(=O)C45CC6CC(CC(C6)C4)C5)cc3)nc2c1. The van der Waals surface area contributed by atoms with Crippen molar-refractivity contribution >= 4 is 28.5 Å². The Hall–Kier alpha value is -3.15. The van der Waals surface area contributed by atoms with E-state index in [1.165, 1.54) is 38.5 Å². The number of nitrogens with one attached hydrogen (secondary N) is 3. The Morgan fingerprint density at radius 1 is 0.732 bits per heavy atom. The van der Waals surface area contributed by atoms with Crippen LogP contribution in [-0.2, 0) is 4.79 Å². The zero-order valence-corrected chi connectivity index (χ0v) is 23.8. The van der Waals surface area contributed by atoms with E-state index in [-0.39, 0.29) is 22.8 Å². The van der Waals surface area contributed by atoms with Crippen LogP contribution in [0.5, 0.6) is 0 Å². The monoisotopic (exact) mass is 548 g/mol. The lowest BCUT2D eigenvalue weighted by molar-refractivity contribution is -0.140. The van der Waals surface area contributed by atoms with Crippen LogP contribution in [0.2, 0.25) is 0 Å². The number of hydrogen-bond acceptors (Lipinski definition) is 3. The highest BCUT2D eigenvalue weighted by molar-refractivity contribution is 5.98. The number of H-pyrrole nitrogens is 1. The fraction of sp³-hybridized carbons (Fsp3) is 0.571. The molecule has 8 aliphatic rings. The van der Waals surface area contributed by atoms with Crippen LogP contribution in [0.15, 0.2) is 42.5 Å². The predicted octanol–water partition coefficient (Wildman–Crippen LogP) is 7.08. The normalized spacial score (nSPS) is 38.0. The Balaban J connectivity index is 0.900. The van der Waals surface area contributed by atoms with Crippen molar-refractivity contribution in [2.45, 2.75) is 82.6 Å². The molecule has 0 spiro atoms. The first-order valence-electron chi connectivity index (χ1n) is 16.1. The van der Waals surface area contributed by atoms with E-state index in [1.54, 1.807) is 0 Å². The van der Waals surface area contributed by atoms with Crippen molar-refractivity contribution in [3.05, 3.63) is 48.0 Å². The number of anilines is 1. The molecule has 0 saturated heterocycles. The van der Waals surface area contributed by atoms with Crippen molar-refractivity contribution in [1.29, 1.82) is 0 Å². The Kier molecular flexibility index (Phi) is 5.18. The topological polar surface area (TPSA) is 86.9 Å². The van der Waals surface area contributed by atoms with Gasteiger partial charge < -0.3 is 15.6 Å². The molecule has 1 heterocycles. The molecular formula is C35H40N4O2. The van der Waals surface area contributed by atoms with E-state index < -0.39 is 0 Å². The summed E-state index contributed by atoms with van der Waals surface area (Å²) in [7, 11) is 0. The summed E-state index contributed by atoms with van der Waals surface area (Å²) >= 11 is 0. The molecule has 41 heavy (non-hydrogen) atoms. The summed E-state index contributed by atoms with van der Waals surface area (Å²) in [5, 5.41) is 6.76. The van der Waals surface area contributed by atoms with Gasteiger partial charge in [-0.25, -0.2) is 4.98 Å². The second kappa shape index (κ2) is 8.68. The van der Waals surface area contributed by atoms with Gasteiger partial charge in [0, 0.05) is 22.4 Å². The minimum Gasteiger partial charge on any atom is -0.347 e. The highest BCUT2D eigenvalue weighted by Crippen LogP contribution is 2.60. The third-order valence-electron chi connectivity index (χ3n) is 12.1. The number of carbonyl (C=O) groups excluding carboxylic acids is 2. The van der Waals surface area contributed by atoms with E-state index in [9.17, 15) is 9.59 Å². The Morgan fingerprint density at radius 3 is 1.88 bits per heavy atom. The summed E-state index contributed by atoms with van der Waals surface area (Å²) in [4.78, 5) is 35.1. The molecule has 0 atom stereocenters. The van der Waals surface area contributed by atoms with Gasteiger partial charge in [-0.3, -0.25) is 9.59 Å². The maximum atomic E-state index is 13.5. The quantitative estimate of drug-likeness (QED) is 0.318. The molecule has 2 amide bonds. The van der Waals surface area contributed by atoms with Gasteiger partial charge in [-0.15, -0.1) is 0 Å². The molecule has 8 bridgehead atoms. The summed E-state index contributed by atoms with van der Waals surface area (Å²) in [6.45, 7) is 0. The number of aromatic amines is 1. The maximum absolute atomic E-state index is 13.5. The van der Waals surface area contributed by atoms with Gasteiger partial charge in [-0.05, 0) is 155 Å². The third-order valence-corrected chi connectivity index (χ3v) is 12.1. The minimum absolute atomic E-state index is 0.00435. The molecular weight excluding hydrogens is 508 g/mol. The van der Waals surface area contributed by atoms with Gasteiger partial charge in [0.2, 0.25) is 5.91 Å². The summed E-state index contributed by atoms with van der Waals surface area (Å²) in [6.07, 6.45) is 14.8. The first-order chi connectivity index (χ1) is 19.9. The van der Waals surface area contributed by atoms with Gasteiger partial charge in [0.05, 0.1) is 16.4 Å². The van der Waals surface area contributed by atoms with Gasteiger partial charge in [0.25, 0.3) is 5.91 Å². The summed E-state index contributed by atoms with van der Waals surface area (Å²) < 4.78 is 0. The molecule has 8 saturated carbocycles.